The number of benzene rings is 1. The Hall–Kier alpha value is -2.25. The molecule has 172 valence electrons. The second-order valence-electron chi connectivity index (χ2n) is 10.9. The third-order valence-electron chi connectivity index (χ3n) is 7.74. The van der Waals surface area contributed by atoms with Gasteiger partial charge in [-0.3, -0.25) is 4.79 Å². The minimum absolute atomic E-state index is 0.0850. The quantitative estimate of drug-likeness (QED) is 0.574. The van der Waals surface area contributed by atoms with Gasteiger partial charge < -0.3 is 9.53 Å². The zero-order valence-corrected chi connectivity index (χ0v) is 20.6. The monoisotopic (exact) mass is 456 g/mol. The van der Waals surface area contributed by atoms with E-state index in [1.807, 2.05) is 10.9 Å². The van der Waals surface area contributed by atoms with Crippen LogP contribution >= 0.6 is 0 Å². The Balaban J connectivity index is 1.71. The number of halogens is 1. The average molecular weight is 457 g/mol. The Kier molecular flexibility index (Phi) is 5.70. The SMILES string of the molecule is CC(C)(C)[Si](C)(C)OC[C@]12Cc3cnn(-c4ccc(F)cc4)c3C=C1CCC(C(=O)O)C2. The zero-order valence-electron chi connectivity index (χ0n) is 19.6. The van der Waals surface area contributed by atoms with Gasteiger partial charge in [-0.15, -0.1) is 0 Å². The molecule has 0 bridgehead atoms. The molecule has 1 heterocycles. The first-order chi connectivity index (χ1) is 14.9. The largest absolute Gasteiger partial charge is 0.481 e. The van der Waals surface area contributed by atoms with E-state index in [4.69, 9.17) is 4.43 Å². The van der Waals surface area contributed by atoms with Gasteiger partial charge in [-0.2, -0.15) is 5.10 Å². The predicted octanol–water partition coefficient (Wildman–Crippen LogP) is 5.84. The normalized spacial score (nSPS) is 23.3. The van der Waals surface area contributed by atoms with E-state index >= 15 is 0 Å². The second kappa shape index (κ2) is 7.95. The van der Waals surface area contributed by atoms with Crippen molar-refractivity contribution in [2.45, 2.75) is 64.6 Å². The molecule has 0 radical (unpaired) electrons. The van der Waals surface area contributed by atoms with Gasteiger partial charge in [0, 0.05) is 12.0 Å². The number of rotatable bonds is 5. The molecular weight excluding hydrogens is 423 g/mol. The van der Waals surface area contributed by atoms with Crippen molar-refractivity contribution in [1.82, 2.24) is 9.78 Å². The third-order valence-corrected chi connectivity index (χ3v) is 12.2. The van der Waals surface area contributed by atoms with E-state index in [2.05, 4.69) is 45.0 Å². The standard InChI is InChI=1S/C25H33FN2O3Si/c1-24(2,3)32(4,5)31-16-25-13-17(23(29)30)6-7-19(25)12-22-18(14-25)15-27-28(22)21-10-8-20(26)9-11-21/h8-12,15,17H,6-7,13-14,16H2,1-5H3,(H,29,30)/t17?,25-/m0/s1. The van der Waals surface area contributed by atoms with Crippen LogP contribution in [0.5, 0.6) is 0 Å². The van der Waals surface area contributed by atoms with Gasteiger partial charge in [0.1, 0.15) is 5.82 Å². The number of hydrogen-bond acceptors (Lipinski definition) is 3. The van der Waals surface area contributed by atoms with Crippen LogP contribution in [0.3, 0.4) is 0 Å². The fraction of sp³-hybridized carbons (Fsp3) is 0.520. The first-order valence-electron chi connectivity index (χ1n) is 11.3. The summed E-state index contributed by atoms with van der Waals surface area (Å²) in [4.78, 5) is 11.9. The van der Waals surface area contributed by atoms with Crippen LogP contribution in [-0.4, -0.2) is 35.8 Å². The Morgan fingerprint density at radius 3 is 2.62 bits per heavy atom. The van der Waals surface area contributed by atoms with Crippen molar-refractivity contribution in [3.8, 4) is 5.69 Å². The lowest BCUT2D eigenvalue weighted by Gasteiger charge is -2.47. The van der Waals surface area contributed by atoms with Crippen LogP contribution in [0.1, 0.15) is 51.3 Å². The van der Waals surface area contributed by atoms with Gasteiger partial charge in [-0.05, 0) is 79.7 Å². The molecule has 0 saturated heterocycles. The number of carboxylic acids is 1. The minimum Gasteiger partial charge on any atom is -0.481 e. The van der Waals surface area contributed by atoms with Crippen molar-refractivity contribution in [2.24, 2.45) is 11.3 Å². The number of carbonyl (C=O) groups is 1. The smallest absolute Gasteiger partial charge is 0.306 e. The van der Waals surface area contributed by atoms with Gasteiger partial charge in [-0.25, -0.2) is 9.07 Å². The van der Waals surface area contributed by atoms with Crippen LogP contribution < -0.4 is 0 Å². The summed E-state index contributed by atoms with van der Waals surface area (Å²) in [7, 11) is -2.00. The molecule has 2 aliphatic rings. The van der Waals surface area contributed by atoms with Crippen LogP contribution in [-0.2, 0) is 15.6 Å². The summed E-state index contributed by atoms with van der Waals surface area (Å²) in [6.07, 6.45) is 6.74. The lowest BCUT2D eigenvalue weighted by Crippen LogP contribution is -2.47. The van der Waals surface area contributed by atoms with Crippen LogP contribution in [0.15, 0.2) is 36.0 Å². The molecule has 5 nitrogen and oxygen atoms in total. The van der Waals surface area contributed by atoms with Crippen molar-refractivity contribution in [3.63, 3.8) is 0 Å². The molecule has 4 rings (SSSR count). The summed E-state index contributed by atoms with van der Waals surface area (Å²) < 4.78 is 21.9. The van der Waals surface area contributed by atoms with Crippen LogP contribution in [0.25, 0.3) is 11.8 Å². The lowest BCUT2D eigenvalue weighted by atomic mass is 9.62. The maximum absolute atomic E-state index is 13.4. The maximum Gasteiger partial charge on any atom is 0.306 e. The molecule has 1 N–H and O–H groups in total. The van der Waals surface area contributed by atoms with Crippen molar-refractivity contribution >= 4 is 20.4 Å². The highest BCUT2D eigenvalue weighted by Gasteiger charge is 2.47. The fourth-order valence-corrected chi connectivity index (χ4v) is 5.73. The molecule has 1 unspecified atom stereocenters. The number of nitrogens with zero attached hydrogens (tertiary/aromatic N) is 2. The summed E-state index contributed by atoms with van der Waals surface area (Å²) in [6.45, 7) is 11.7. The minimum atomic E-state index is -2.00. The number of fused-ring (bicyclic) bond motifs is 2. The maximum atomic E-state index is 13.4. The second-order valence-corrected chi connectivity index (χ2v) is 15.7. The zero-order chi connectivity index (χ0) is 23.3. The molecule has 2 atom stereocenters. The van der Waals surface area contributed by atoms with E-state index in [0.717, 1.165) is 23.4 Å². The fourth-order valence-electron chi connectivity index (χ4n) is 4.66. The molecule has 1 aromatic carbocycles. The van der Waals surface area contributed by atoms with Crippen molar-refractivity contribution in [1.29, 1.82) is 0 Å². The first-order valence-corrected chi connectivity index (χ1v) is 14.2. The van der Waals surface area contributed by atoms with E-state index in [9.17, 15) is 14.3 Å². The molecule has 1 saturated carbocycles. The Labute approximate surface area is 190 Å². The van der Waals surface area contributed by atoms with Crippen LogP contribution in [0.2, 0.25) is 18.1 Å². The number of aliphatic carboxylic acids is 1. The molecule has 0 amide bonds. The topological polar surface area (TPSA) is 64.4 Å². The Morgan fingerprint density at radius 1 is 1.31 bits per heavy atom. The van der Waals surface area contributed by atoms with E-state index in [-0.39, 0.29) is 22.2 Å². The van der Waals surface area contributed by atoms with E-state index in [1.165, 1.54) is 17.7 Å². The molecule has 1 aromatic heterocycles. The summed E-state index contributed by atoms with van der Waals surface area (Å²) in [6, 6.07) is 6.33. The Morgan fingerprint density at radius 2 is 2.00 bits per heavy atom. The van der Waals surface area contributed by atoms with Crippen molar-refractivity contribution < 1.29 is 18.7 Å². The number of carboxylic acid groups (broad SMARTS) is 1. The summed E-state index contributed by atoms with van der Waals surface area (Å²) in [5.74, 6) is -1.35. The third kappa shape index (κ3) is 4.08. The summed E-state index contributed by atoms with van der Waals surface area (Å²) in [5.41, 5.74) is 3.84. The first kappa shape index (κ1) is 22.9. The lowest BCUT2D eigenvalue weighted by molar-refractivity contribution is -0.144. The molecule has 0 spiro atoms. The molecular formula is C25H33FN2O3Si. The van der Waals surface area contributed by atoms with Gasteiger partial charge in [0.15, 0.2) is 8.32 Å². The van der Waals surface area contributed by atoms with Gasteiger partial charge in [0.05, 0.1) is 23.5 Å². The van der Waals surface area contributed by atoms with Crippen molar-refractivity contribution in [2.75, 3.05) is 6.61 Å². The Bertz CT molecular complexity index is 1050. The van der Waals surface area contributed by atoms with Gasteiger partial charge in [0.2, 0.25) is 0 Å². The highest BCUT2D eigenvalue weighted by Crippen LogP contribution is 2.51. The van der Waals surface area contributed by atoms with Gasteiger partial charge >= 0.3 is 5.97 Å². The van der Waals surface area contributed by atoms with E-state index in [0.29, 0.717) is 25.9 Å². The van der Waals surface area contributed by atoms with Gasteiger partial charge in [-0.1, -0.05) is 26.3 Å². The molecule has 1 fully saturated rings. The number of aromatic nitrogens is 2. The highest BCUT2D eigenvalue weighted by molar-refractivity contribution is 6.74. The molecule has 32 heavy (non-hydrogen) atoms. The average Bonchev–Trinajstić information content (AvgIpc) is 3.12. The number of hydrogen-bond donors (Lipinski definition) is 1. The van der Waals surface area contributed by atoms with Crippen LogP contribution in [0, 0.1) is 17.2 Å². The summed E-state index contributed by atoms with van der Waals surface area (Å²) in [5, 5.41) is 14.4. The highest BCUT2D eigenvalue weighted by atomic mass is 28.4. The molecule has 7 heteroatoms. The molecule has 2 aliphatic carbocycles. The molecule has 2 aromatic rings. The van der Waals surface area contributed by atoms with Crippen molar-refractivity contribution in [3.05, 3.63) is 53.1 Å². The summed E-state index contributed by atoms with van der Waals surface area (Å²) >= 11 is 0. The predicted molar refractivity (Wildman–Crippen MR) is 126 cm³/mol. The van der Waals surface area contributed by atoms with Crippen LogP contribution in [0.4, 0.5) is 4.39 Å². The van der Waals surface area contributed by atoms with E-state index in [1.54, 1.807) is 12.1 Å². The molecule has 0 aliphatic heterocycles. The van der Waals surface area contributed by atoms with Gasteiger partial charge in [0.25, 0.3) is 0 Å². The van der Waals surface area contributed by atoms with E-state index < -0.39 is 14.3 Å².